The molecule has 2 aromatic rings. The van der Waals surface area contributed by atoms with Crippen LogP contribution in [0.25, 0.3) is 11.0 Å². The molecule has 3 heterocycles. The van der Waals surface area contributed by atoms with Crippen LogP contribution in [0.1, 0.15) is 20.3 Å². The molecule has 1 saturated heterocycles. The van der Waals surface area contributed by atoms with Crippen molar-refractivity contribution in [1.29, 1.82) is 0 Å². The van der Waals surface area contributed by atoms with Gasteiger partial charge in [-0.25, -0.2) is 9.97 Å². The largest absolute Gasteiger partial charge is 0.352 e. The predicted molar refractivity (Wildman–Crippen MR) is 79.9 cm³/mol. The van der Waals surface area contributed by atoms with Crippen LogP contribution in [0, 0.1) is 5.92 Å². The van der Waals surface area contributed by atoms with E-state index < -0.39 is 0 Å². The van der Waals surface area contributed by atoms with Crippen LogP contribution in [0.2, 0.25) is 0 Å². The van der Waals surface area contributed by atoms with E-state index in [2.05, 4.69) is 38.9 Å². The SMILES string of the molecule is CC(C)CC(=O)N1CCN(c2ncnc3[nH]ncc23)CC1. The number of aromatic nitrogens is 4. The maximum Gasteiger partial charge on any atom is 0.222 e. The van der Waals surface area contributed by atoms with Crippen LogP contribution >= 0.6 is 0 Å². The first-order valence-electron chi connectivity index (χ1n) is 7.32. The van der Waals surface area contributed by atoms with Crippen molar-refractivity contribution in [2.75, 3.05) is 31.1 Å². The highest BCUT2D eigenvalue weighted by molar-refractivity contribution is 5.86. The molecule has 0 aromatic carbocycles. The molecule has 0 radical (unpaired) electrons. The van der Waals surface area contributed by atoms with E-state index in [1.165, 1.54) is 0 Å². The highest BCUT2D eigenvalue weighted by atomic mass is 16.2. The second kappa shape index (κ2) is 5.67. The number of aromatic amines is 1. The van der Waals surface area contributed by atoms with Crippen molar-refractivity contribution in [2.45, 2.75) is 20.3 Å². The van der Waals surface area contributed by atoms with Gasteiger partial charge in [0.1, 0.15) is 12.1 Å². The Bertz CT molecular complexity index is 629. The number of nitrogens with zero attached hydrogens (tertiary/aromatic N) is 5. The number of amides is 1. The van der Waals surface area contributed by atoms with Gasteiger partial charge in [0.25, 0.3) is 0 Å². The van der Waals surface area contributed by atoms with Crippen molar-refractivity contribution in [3.63, 3.8) is 0 Å². The molecule has 1 aliphatic rings. The third kappa shape index (κ3) is 2.81. The third-order valence-corrected chi connectivity index (χ3v) is 3.74. The number of nitrogens with one attached hydrogen (secondary N) is 1. The number of H-pyrrole nitrogens is 1. The summed E-state index contributed by atoms with van der Waals surface area (Å²) in [6.07, 6.45) is 3.92. The molecule has 2 aromatic heterocycles. The van der Waals surface area contributed by atoms with Crippen LogP contribution in [-0.4, -0.2) is 57.2 Å². The number of fused-ring (bicyclic) bond motifs is 1. The Kier molecular flexibility index (Phi) is 3.72. The van der Waals surface area contributed by atoms with E-state index in [-0.39, 0.29) is 5.91 Å². The van der Waals surface area contributed by atoms with Crippen molar-refractivity contribution >= 4 is 22.8 Å². The van der Waals surface area contributed by atoms with Crippen molar-refractivity contribution in [3.8, 4) is 0 Å². The minimum atomic E-state index is 0.251. The summed E-state index contributed by atoms with van der Waals surface area (Å²) in [5.74, 6) is 1.55. The molecule has 0 atom stereocenters. The minimum Gasteiger partial charge on any atom is -0.352 e. The fourth-order valence-electron chi connectivity index (χ4n) is 2.65. The Morgan fingerprint density at radius 1 is 1.29 bits per heavy atom. The number of carbonyl (C=O) groups is 1. The summed E-state index contributed by atoms with van der Waals surface area (Å²) in [5, 5.41) is 7.80. The van der Waals surface area contributed by atoms with Gasteiger partial charge in [-0.2, -0.15) is 5.10 Å². The zero-order valence-corrected chi connectivity index (χ0v) is 12.4. The fourth-order valence-corrected chi connectivity index (χ4v) is 2.65. The van der Waals surface area contributed by atoms with E-state index >= 15 is 0 Å². The summed E-state index contributed by atoms with van der Waals surface area (Å²) < 4.78 is 0. The fraction of sp³-hybridized carbons (Fsp3) is 0.571. The molecule has 3 rings (SSSR count). The molecule has 1 fully saturated rings. The zero-order chi connectivity index (χ0) is 14.8. The van der Waals surface area contributed by atoms with Crippen LogP contribution in [0.5, 0.6) is 0 Å². The van der Waals surface area contributed by atoms with Gasteiger partial charge in [-0.1, -0.05) is 13.8 Å². The average molecular weight is 288 g/mol. The maximum atomic E-state index is 12.1. The van der Waals surface area contributed by atoms with Gasteiger partial charge in [0.05, 0.1) is 11.6 Å². The van der Waals surface area contributed by atoms with E-state index in [0.29, 0.717) is 12.3 Å². The number of piperazine rings is 1. The second-order valence-electron chi connectivity index (χ2n) is 5.80. The Labute approximate surface area is 123 Å². The van der Waals surface area contributed by atoms with E-state index in [9.17, 15) is 4.79 Å². The lowest BCUT2D eigenvalue weighted by Crippen LogP contribution is -2.49. The molecule has 0 saturated carbocycles. The summed E-state index contributed by atoms with van der Waals surface area (Å²) in [6.45, 7) is 7.22. The first kappa shape index (κ1) is 13.8. The van der Waals surface area contributed by atoms with Gasteiger partial charge in [-0.05, 0) is 5.92 Å². The molecule has 21 heavy (non-hydrogen) atoms. The highest BCUT2D eigenvalue weighted by Gasteiger charge is 2.23. The summed E-state index contributed by atoms with van der Waals surface area (Å²) in [6, 6.07) is 0. The summed E-state index contributed by atoms with van der Waals surface area (Å²) in [4.78, 5) is 24.8. The summed E-state index contributed by atoms with van der Waals surface area (Å²) >= 11 is 0. The molecule has 0 spiro atoms. The third-order valence-electron chi connectivity index (χ3n) is 3.74. The molecular weight excluding hydrogens is 268 g/mol. The van der Waals surface area contributed by atoms with Gasteiger partial charge in [0, 0.05) is 32.6 Å². The van der Waals surface area contributed by atoms with Crippen LogP contribution in [0.4, 0.5) is 5.82 Å². The molecule has 0 unspecified atom stereocenters. The summed E-state index contributed by atoms with van der Waals surface area (Å²) in [5.41, 5.74) is 0.748. The van der Waals surface area contributed by atoms with Crippen LogP contribution in [0.15, 0.2) is 12.5 Å². The topological polar surface area (TPSA) is 78.0 Å². The van der Waals surface area contributed by atoms with E-state index in [0.717, 1.165) is 43.0 Å². The molecule has 0 bridgehead atoms. The first-order valence-corrected chi connectivity index (χ1v) is 7.32. The smallest absolute Gasteiger partial charge is 0.222 e. The molecule has 7 heteroatoms. The Hall–Kier alpha value is -2.18. The highest BCUT2D eigenvalue weighted by Crippen LogP contribution is 2.22. The lowest BCUT2D eigenvalue weighted by atomic mass is 10.1. The quantitative estimate of drug-likeness (QED) is 0.913. The van der Waals surface area contributed by atoms with Crippen molar-refractivity contribution in [2.24, 2.45) is 5.92 Å². The van der Waals surface area contributed by atoms with Gasteiger partial charge in [-0.15, -0.1) is 0 Å². The van der Waals surface area contributed by atoms with Crippen LogP contribution in [0.3, 0.4) is 0 Å². The number of hydrogen-bond acceptors (Lipinski definition) is 5. The maximum absolute atomic E-state index is 12.1. The van der Waals surface area contributed by atoms with Crippen LogP contribution < -0.4 is 4.90 Å². The number of hydrogen-bond donors (Lipinski definition) is 1. The predicted octanol–water partition coefficient (Wildman–Crippen LogP) is 1.05. The number of rotatable bonds is 3. The number of anilines is 1. The molecule has 7 nitrogen and oxygen atoms in total. The molecule has 112 valence electrons. The lowest BCUT2D eigenvalue weighted by Gasteiger charge is -2.35. The summed E-state index contributed by atoms with van der Waals surface area (Å²) in [7, 11) is 0. The standard InChI is InChI=1S/C14H20N6O/c1-10(2)7-12(21)19-3-5-20(6-4-19)14-11-8-17-18-13(11)15-9-16-14/h8-10H,3-7H2,1-2H3,(H,15,16,17,18). The lowest BCUT2D eigenvalue weighted by molar-refractivity contribution is -0.132. The Morgan fingerprint density at radius 2 is 2.05 bits per heavy atom. The Balaban J connectivity index is 1.68. The molecule has 1 amide bonds. The monoisotopic (exact) mass is 288 g/mol. The Morgan fingerprint density at radius 3 is 2.76 bits per heavy atom. The van der Waals surface area contributed by atoms with Crippen molar-refractivity contribution in [1.82, 2.24) is 25.1 Å². The van der Waals surface area contributed by atoms with Gasteiger partial charge >= 0.3 is 0 Å². The average Bonchev–Trinajstić information content (AvgIpc) is 2.95. The van der Waals surface area contributed by atoms with Gasteiger partial charge in [0.2, 0.25) is 5.91 Å². The molecule has 0 aliphatic carbocycles. The van der Waals surface area contributed by atoms with Crippen molar-refractivity contribution < 1.29 is 4.79 Å². The van der Waals surface area contributed by atoms with E-state index in [1.807, 2.05) is 4.90 Å². The van der Waals surface area contributed by atoms with E-state index in [4.69, 9.17) is 0 Å². The second-order valence-corrected chi connectivity index (χ2v) is 5.80. The normalized spacial score (nSPS) is 16.0. The minimum absolute atomic E-state index is 0.251. The number of carbonyl (C=O) groups excluding carboxylic acids is 1. The van der Waals surface area contributed by atoms with Gasteiger partial charge in [0.15, 0.2) is 5.65 Å². The van der Waals surface area contributed by atoms with Crippen molar-refractivity contribution in [3.05, 3.63) is 12.5 Å². The van der Waals surface area contributed by atoms with Gasteiger partial charge < -0.3 is 9.80 Å². The van der Waals surface area contributed by atoms with Crippen LogP contribution in [-0.2, 0) is 4.79 Å². The van der Waals surface area contributed by atoms with Gasteiger partial charge in [-0.3, -0.25) is 9.89 Å². The first-order chi connectivity index (χ1) is 10.1. The molecule has 1 aliphatic heterocycles. The molecule has 1 N–H and O–H groups in total. The van der Waals surface area contributed by atoms with E-state index in [1.54, 1.807) is 12.5 Å². The zero-order valence-electron chi connectivity index (χ0n) is 12.4. The molecular formula is C14H20N6O.